The van der Waals surface area contributed by atoms with Gasteiger partial charge in [0.2, 0.25) is 10.0 Å². The van der Waals surface area contributed by atoms with E-state index in [1.54, 1.807) is 25.2 Å². The van der Waals surface area contributed by atoms with Gasteiger partial charge in [-0.05, 0) is 29.0 Å². The maximum absolute atomic E-state index is 13.1. The molecule has 3 aromatic carbocycles. The van der Waals surface area contributed by atoms with Crippen molar-refractivity contribution in [3.05, 3.63) is 76.3 Å². The van der Waals surface area contributed by atoms with Crippen LogP contribution in [-0.4, -0.2) is 61.7 Å². The second-order valence-electron chi connectivity index (χ2n) is 7.44. The lowest BCUT2D eigenvalue weighted by molar-refractivity contribution is -0.384. The average Bonchev–Trinajstić information content (AvgIpc) is 2.82. The normalized spacial score (nSPS) is 15.0. The SMILES string of the molecule is CNc1ccc([N+](=O)[O-])cc1C(=O)N1CCN(S(=O)(=O)c2ccc3ccccc3c2)CC1. The average molecular weight is 455 g/mol. The fourth-order valence-corrected chi connectivity index (χ4v) is 5.28. The van der Waals surface area contributed by atoms with E-state index in [-0.39, 0.29) is 48.2 Å². The molecule has 10 heteroatoms. The lowest BCUT2D eigenvalue weighted by Crippen LogP contribution is -2.50. The zero-order chi connectivity index (χ0) is 22.9. The molecule has 1 fully saturated rings. The Labute approximate surface area is 185 Å². The van der Waals surface area contributed by atoms with Gasteiger partial charge in [0.05, 0.1) is 15.4 Å². The maximum atomic E-state index is 13.1. The molecule has 3 aromatic rings. The van der Waals surface area contributed by atoms with Gasteiger partial charge in [-0.1, -0.05) is 30.3 Å². The van der Waals surface area contributed by atoms with E-state index in [9.17, 15) is 23.3 Å². The number of nitrogens with one attached hydrogen (secondary N) is 1. The molecule has 0 saturated carbocycles. The lowest BCUT2D eigenvalue weighted by Gasteiger charge is -2.34. The smallest absolute Gasteiger partial charge is 0.270 e. The molecule has 0 unspecified atom stereocenters. The predicted octanol–water partition coefficient (Wildman–Crippen LogP) is 2.94. The molecule has 0 radical (unpaired) electrons. The molecule has 1 aliphatic rings. The van der Waals surface area contributed by atoms with Gasteiger partial charge in [-0.3, -0.25) is 14.9 Å². The monoisotopic (exact) mass is 454 g/mol. The van der Waals surface area contributed by atoms with Crippen molar-refractivity contribution < 1.29 is 18.1 Å². The van der Waals surface area contributed by atoms with Gasteiger partial charge in [0.15, 0.2) is 0 Å². The Balaban J connectivity index is 1.51. The molecule has 9 nitrogen and oxygen atoms in total. The Morgan fingerprint density at radius 1 is 0.969 bits per heavy atom. The molecule has 4 rings (SSSR count). The summed E-state index contributed by atoms with van der Waals surface area (Å²) in [6, 6.07) is 16.6. The molecule has 1 heterocycles. The summed E-state index contributed by atoms with van der Waals surface area (Å²) >= 11 is 0. The number of amides is 1. The Bertz CT molecular complexity index is 1300. The molecule has 1 N–H and O–H groups in total. The van der Waals surface area contributed by atoms with E-state index in [0.717, 1.165) is 10.8 Å². The van der Waals surface area contributed by atoms with Crippen LogP contribution in [0.4, 0.5) is 11.4 Å². The number of piperazine rings is 1. The molecule has 1 aliphatic heterocycles. The Hall–Kier alpha value is -3.50. The molecule has 1 amide bonds. The number of anilines is 1. The van der Waals surface area contributed by atoms with Gasteiger partial charge < -0.3 is 10.2 Å². The fourth-order valence-electron chi connectivity index (χ4n) is 3.82. The predicted molar refractivity (Wildman–Crippen MR) is 121 cm³/mol. The molecule has 0 atom stereocenters. The summed E-state index contributed by atoms with van der Waals surface area (Å²) in [6.45, 7) is 0.671. The minimum absolute atomic E-state index is 0.144. The molecule has 0 aliphatic carbocycles. The molecule has 32 heavy (non-hydrogen) atoms. The number of rotatable bonds is 5. The highest BCUT2D eigenvalue weighted by Crippen LogP contribution is 2.26. The van der Waals surface area contributed by atoms with Gasteiger partial charge >= 0.3 is 0 Å². The molecule has 0 bridgehead atoms. The number of carbonyl (C=O) groups excluding carboxylic acids is 1. The number of carbonyl (C=O) groups is 1. The number of non-ortho nitro benzene ring substituents is 1. The minimum atomic E-state index is -3.70. The first-order chi connectivity index (χ1) is 15.3. The van der Waals surface area contributed by atoms with Crippen molar-refractivity contribution in [2.75, 3.05) is 38.5 Å². The summed E-state index contributed by atoms with van der Waals surface area (Å²) in [5.74, 6) is -0.374. The fraction of sp³-hybridized carbons (Fsp3) is 0.227. The third-order valence-electron chi connectivity index (χ3n) is 5.60. The summed E-state index contributed by atoms with van der Waals surface area (Å²) in [5, 5.41) is 15.8. The van der Waals surface area contributed by atoms with Gasteiger partial charge in [-0.15, -0.1) is 0 Å². The van der Waals surface area contributed by atoms with Crippen molar-refractivity contribution in [2.24, 2.45) is 0 Å². The second-order valence-corrected chi connectivity index (χ2v) is 9.38. The first-order valence-corrected chi connectivity index (χ1v) is 11.5. The summed E-state index contributed by atoms with van der Waals surface area (Å²) in [6.07, 6.45) is 0. The summed E-state index contributed by atoms with van der Waals surface area (Å²) < 4.78 is 27.6. The highest BCUT2D eigenvalue weighted by Gasteiger charge is 2.31. The van der Waals surface area contributed by atoms with Crippen LogP contribution < -0.4 is 5.32 Å². The van der Waals surface area contributed by atoms with Crippen LogP contribution in [0.1, 0.15) is 10.4 Å². The van der Waals surface area contributed by atoms with Crippen LogP contribution in [0.25, 0.3) is 10.8 Å². The highest BCUT2D eigenvalue weighted by atomic mass is 32.2. The van der Waals surface area contributed by atoms with Crippen LogP contribution in [0.3, 0.4) is 0 Å². The zero-order valence-electron chi connectivity index (χ0n) is 17.4. The van der Waals surface area contributed by atoms with Gasteiger partial charge in [0.1, 0.15) is 0 Å². The number of hydrogen-bond donors (Lipinski definition) is 1. The summed E-state index contributed by atoms with van der Waals surface area (Å²) in [4.78, 5) is 25.3. The second kappa shape index (κ2) is 8.56. The van der Waals surface area contributed by atoms with Crippen molar-refractivity contribution in [3.8, 4) is 0 Å². The summed E-state index contributed by atoms with van der Waals surface area (Å²) in [7, 11) is -2.07. The zero-order valence-corrected chi connectivity index (χ0v) is 18.2. The first-order valence-electron chi connectivity index (χ1n) is 10.1. The van der Waals surface area contributed by atoms with E-state index in [2.05, 4.69) is 5.32 Å². The number of benzene rings is 3. The van der Waals surface area contributed by atoms with Gasteiger partial charge in [-0.2, -0.15) is 4.31 Å². The minimum Gasteiger partial charge on any atom is -0.387 e. The number of fused-ring (bicyclic) bond motifs is 1. The van der Waals surface area contributed by atoms with Crippen molar-refractivity contribution in [1.29, 1.82) is 0 Å². The van der Waals surface area contributed by atoms with Crippen molar-refractivity contribution in [3.63, 3.8) is 0 Å². The number of nitro groups is 1. The first kappa shape index (κ1) is 21.7. The van der Waals surface area contributed by atoms with E-state index >= 15 is 0 Å². The molecular weight excluding hydrogens is 432 g/mol. The van der Waals surface area contributed by atoms with E-state index in [0.29, 0.717) is 5.69 Å². The van der Waals surface area contributed by atoms with Crippen molar-refractivity contribution in [2.45, 2.75) is 4.90 Å². The number of hydrogen-bond acceptors (Lipinski definition) is 6. The molecule has 0 spiro atoms. The van der Waals surface area contributed by atoms with Crippen LogP contribution in [0.2, 0.25) is 0 Å². The Kier molecular flexibility index (Phi) is 5.81. The van der Waals surface area contributed by atoms with Gasteiger partial charge in [0, 0.05) is 51.0 Å². The molecular formula is C22H22N4O5S. The molecule has 0 aromatic heterocycles. The topological polar surface area (TPSA) is 113 Å². The third kappa shape index (κ3) is 4.02. The largest absolute Gasteiger partial charge is 0.387 e. The van der Waals surface area contributed by atoms with E-state index in [1.807, 2.05) is 24.3 Å². The number of nitro benzene ring substituents is 1. The standard InChI is InChI=1S/C22H22N4O5S/c1-23-21-9-7-18(26(28)29)15-20(21)22(27)24-10-12-25(13-11-24)32(30,31)19-8-6-16-4-2-3-5-17(16)14-19/h2-9,14-15,23H,10-13H2,1H3. The molecule has 166 valence electrons. The highest BCUT2D eigenvalue weighted by molar-refractivity contribution is 7.89. The van der Waals surface area contributed by atoms with Crippen LogP contribution in [-0.2, 0) is 10.0 Å². The summed E-state index contributed by atoms with van der Waals surface area (Å²) in [5.41, 5.74) is 0.490. The van der Waals surface area contributed by atoms with Gasteiger partial charge in [0.25, 0.3) is 11.6 Å². The number of nitrogens with zero attached hydrogens (tertiary/aromatic N) is 3. The lowest BCUT2D eigenvalue weighted by atomic mass is 10.1. The maximum Gasteiger partial charge on any atom is 0.270 e. The third-order valence-corrected chi connectivity index (χ3v) is 7.49. The van der Waals surface area contributed by atoms with E-state index in [1.165, 1.54) is 27.4 Å². The van der Waals surface area contributed by atoms with Crippen molar-refractivity contribution >= 4 is 38.1 Å². The van der Waals surface area contributed by atoms with E-state index in [4.69, 9.17) is 0 Å². The Morgan fingerprint density at radius 3 is 2.31 bits per heavy atom. The quantitative estimate of drug-likeness (QED) is 0.469. The van der Waals surface area contributed by atoms with Crippen molar-refractivity contribution in [1.82, 2.24) is 9.21 Å². The number of sulfonamides is 1. The Morgan fingerprint density at radius 2 is 1.66 bits per heavy atom. The van der Waals surface area contributed by atoms with Gasteiger partial charge in [-0.25, -0.2) is 8.42 Å². The van der Waals surface area contributed by atoms with Crippen LogP contribution in [0.15, 0.2) is 65.6 Å². The van der Waals surface area contributed by atoms with E-state index < -0.39 is 14.9 Å². The van der Waals surface area contributed by atoms with Crippen LogP contribution in [0, 0.1) is 10.1 Å². The van der Waals surface area contributed by atoms with Crippen LogP contribution >= 0.6 is 0 Å². The molecule has 1 saturated heterocycles. The van der Waals surface area contributed by atoms with Crippen LogP contribution in [0.5, 0.6) is 0 Å².